The average Bonchev–Trinajstić information content (AvgIpc) is 2.79. The Kier molecular flexibility index (Phi) is 4.33. The van der Waals surface area contributed by atoms with Crippen molar-refractivity contribution in [3.05, 3.63) is 100 Å². The Hall–Kier alpha value is -2.88. The summed E-state index contributed by atoms with van der Waals surface area (Å²) in [5.74, 6) is -0.276. The molecular formula is C22H16F3N. The van der Waals surface area contributed by atoms with Crippen LogP contribution in [0, 0.1) is 5.82 Å². The zero-order valence-corrected chi connectivity index (χ0v) is 13.9. The predicted octanol–water partition coefficient (Wildman–Crippen LogP) is 5.85. The fourth-order valence-electron chi connectivity index (χ4n) is 3.42. The van der Waals surface area contributed by atoms with Crippen LogP contribution in [0.25, 0.3) is 11.6 Å². The lowest BCUT2D eigenvalue weighted by atomic mass is 9.93. The van der Waals surface area contributed by atoms with E-state index in [1.165, 1.54) is 18.2 Å². The quantitative estimate of drug-likeness (QED) is 0.565. The maximum Gasteiger partial charge on any atom is 0.263 e. The van der Waals surface area contributed by atoms with Crippen molar-refractivity contribution in [2.75, 3.05) is 0 Å². The van der Waals surface area contributed by atoms with Crippen LogP contribution in [-0.2, 0) is 12.8 Å². The van der Waals surface area contributed by atoms with E-state index in [0.717, 1.165) is 28.0 Å². The second kappa shape index (κ2) is 6.79. The van der Waals surface area contributed by atoms with Crippen molar-refractivity contribution >= 4 is 11.6 Å². The van der Waals surface area contributed by atoms with Gasteiger partial charge < -0.3 is 0 Å². The van der Waals surface area contributed by atoms with Gasteiger partial charge in [0.05, 0.1) is 0 Å². The molecule has 0 atom stereocenters. The average molecular weight is 351 g/mol. The summed E-state index contributed by atoms with van der Waals surface area (Å²) in [5, 5.41) is 0. The number of alkyl halides is 2. The van der Waals surface area contributed by atoms with E-state index in [4.69, 9.17) is 0 Å². The Morgan fingerprint density at radius 2 is 1.81 bits per heavy atom. The normalized spacial score (nSPS) is 14.8. The topological polar surface area (TPSA) is 12.9 Å². The van der Waals surface area contributed by atoms with E-state index in [1.54, 1.807) is 30.5 Å². The fourth-order valence-corrected chi connectivity index (χ4v) is 3.42. The van der Waals surface area contributed by atoms with Gasteiger partial charge >= 0.3 is 0 Å². The highest BCUT2D eigenvalue weighted by molar-refractivity contribution is 5.93. The number of nitrogens with zero attached hydrogens (tertiary/aromatic N) is 1. The van der Waals surface area contributed by atoms with Crippen molar-refractivity contribution < 1.29 is 13.2 Å². The maximum absolute atomic E-state index is 13.7. The van der Waals surface area contributed by atoms with E-state index in [1.807, 2.05) is 18.2 Å². The molecule has 0 radical (unpaired) electrons. The van der Waals surface area contributed by atoms with E-state index in [-0.39, 0.29) is 11.4 Å². The summed E-state index contributed by atoms with van der Waals surface area (Å²) in [7, 11) is 0. The van der Waals surface area contributed by atoms with E-state index in [0.29, 0.717) is 18.4 Å². The zero-order valence-electron chi connectivity index (χ0n) is 13.9. The van der Waals surface area contributed by atoms with Gasteiger partial charge in [-0.3, -0.25) is 4.98 Å². The Bertz CT molecular complexity index is 992. The Labute approximate surface area is 149 Å². The Morgan fingerprint density at radius 1 is 0.923 bits per heavy atom. The number of halogens is 3. The maximum atomic E-state index is 13.7. The minimum Gasteiger partial charge on any atom is -0.261 e. The number of hydrogen-bond acceptors (Lipinski definition) is 1. The lowest BCUT2D eigenvalue weighted by Gasteiger charge is -2.12. The van der Waals surface area contributed by atoms with Gasteiger partial charge in [0.15, 0.2) is 0 Å². The lowest BCUT2D eigenvalue weighted by molar-refractivity contribution is 0.151. The summed E-state index contributed by atoms with van der Waals surface area (Å²) >= 11 is 0. The monoisotopic (exact) mass is 351 g/mol. The molecule has 130 valence electrons. The number of aryl methyl sites for hydroxylation is 2. The highest BCUT2D eigenvalue weighted by Gasteiger charge is 2.19. The van der Waals surface area contributed by atoms with Crippen molar-refractivity contribution in [1.82, 2.24) is 4.98 Å². The molecule has 4 rings (SSSR count). The van der Waals surface area contributed by atoms with Crippen LogP contribution in [0.4, 0.5) is 13.2 Å². The molecule has 0 aliphatic heterocycles. The van der Waals surface area contributed by atoms with Crippen molar-refractivity contribution in [3.63, 3.8) is 0 Å². The van der Waals surface area contributed by atoms with E-state index in [2.05, 4.69) is 4.98 Å². The van der Waals surface area contributed by atoms with E-state index in [9.17, 15) is 13.2 Å². The number of aromatic nitrogens is 1. The molecule has 4 heteroatoms. The van der Waals surface area contributed by atoms with Crippen LogP contribution in [-0.4, -0.2) is 4.98 Å². The molecule has 0 saturated heterocycles. The molecule has 1 aromatic heterocycles. The van der Waals surface area contributed by atoms with Crippen LogP contribution in [0.3, 0.4) is 0 Å². The van der Waals surface area contributed by atoms with Gasteiger partial charge in [0.2, 0.25) is 0 Å². The van der Waals surface area contributed by atoms with E-state index >= 15 is 0 Å². The molecule has 0 fully saturated rings. The SMILES string of the molecule is Fc1ccc2c(c1)CCc1ncccc1C2=Cc1cccc(C(F)F)c1. The van der Waals surface area contributed by atoms with Crippen LogP contribution in [0.2, 0.25) is 0 Å². The number of rotatable bonds is 2. The molecule has 1 heterocycles. The van der Waals surface area contributed by atoms with Crippen molar-refractivity contribution in [2.24, 2.45) is 0 Å². The van der Waals surface area contributed by atoms with Crippen molar-refractivity contribution in [1.29, 1.82) is 0 Å². The first-order chi connectivity index (χ1) is 12.6. The third-order valence-corrected chi connectivity index (χ3v) is 4.64. The van der Waals surface area contributed by atoms with Crippen molar-refractivity contribution in [2.45, 2.75) is 19.3 Å². The Morgan fingerprint density at radius 3 is 2.65 bits per heavy atom. The molecule has 26 heavy (non-hydrogen) atoms. The summed E-state index contributed by atoms with van der Waals surface area (Å²) in [6.07, 6.45) is 2.50. The number of benzene rings is 2. The van der Waals surface area contributed by atoms with Gasteiger partial charge in [-0.1, -0.05) is 30.3 Å². The van der Waals surface area contributed by atoms with Crippen LogP contribution in [0.1, 0.15) is 39.9 Å². The van der Waals surface area contributed by atoms with Crippen LogP contribution < -0.4 is 0 Å². The van der Waals surface area contributed by atoms with E-state index < -0.39 is 6.43 Å². The molecule has 0 saturated carbocycles. The first-order valence-electron chi connectivity index (χ1n) is 8.45. The third kappa shape index (κ3) is 3.15. The zero-order chi connectivity index (χ0) is 18.1. The summed E-state index contributed by atoms with van der Waals surface area (Å²) < 4.78 is 39.8. The summed E-state index contributed by atoms with van der Waals surface area (Å²) in [6, 6.07) is 14.9. The fraction of sp³-hybridized carbons (Fsp3) is 0.136. The molecular weight excluding hydrogens is 335 g/mol. The van der Waals surface area contributed by atoms with Crippen molar-refractivity contribution in [3.8, 4) is 0 Å². The molecule has 0 N–H and O–H groups in total. The summed E-state index contributed by atoms with van der Waals surface area (Å²) in [6.45, 7) is 0. The molecule has 1 aliphatic rings. The molecule has 1 aliphatic carbocycles. The highest BCUT2D eigenvalue weighted by atomic mass is 19.3. The standard InChI is InChI=1S/C22H16F3N/c23-17-7-8-18-15(13-17)6-9-21-19(5-2-10-26-21)20(18)12-14-3-1-4-16(11-14)22(24)25/h1-5,7-8,10-13,22H,6,9H2. The van der Waals surface area contributed by atoms with Gasteiger partial charge in [0, 0.05) is 23.0 Å². The van der Waals surface area contributed by atoms with Gasteiger partial charge in [-0.25, -0.2) is 13.2 Å². The molecule has 0 amide bonds. The first kappa shape index (κ1) is 16.6. The molecule has 0 bridgehead atoms. The smallest absolute Gasteiger partial charge is 0.261 e. The molecule has 0 spiro atoms. The van der Waals surface area contributed by atoms with Gasteiger partial charge in [0.25, 0.3) is 6.43 Å². The summed E-state index contributed by atoms with van der Waals surface area (Å²) in [5.41, 5.74) is 5.26. The minimum absolute atomic E-state index is 0.0151. The molecule has 0 unspecified atom stereocenters. The summed E-state index contributed by atoms with van der Waals surface area (Å²) in [4.78, 5) is 4.47. The van der Waals surface area contributed by atoms with Crippen LogP contribution >= 0.6 is 0 Å². The second-order valence-corrected chi connectivity index (χ2v) is 6.33. The van der Waals surface area contributed by atoms with Crippen LogP contribution in [0.15, 0.2) is 60.8 Å². The van der Waals surface area contributed by atoms with Gasteiger partial charge in [-0.15, -0.1) is 0 Å². The van der Waals surface area contributed by atoms with Gasteiger partial charge in [0.1, 0.15) is 5.82 Å². The van der Waals surface area contributed by atoms with Gasteiger partial charge in [-0.2, -0.15) is 0 Å². The second-order valence-electron chi connectivity index (χ2n) is 6.33. The first-order valence-corrected chi connectivity index (χ1v) is 8.45. The number of fused-ring (bicyclic) bond motifs is 2. The minimum atomic E-state index is -2.52. The van der Waals surface area contributed by atoms with Crippen LogP contribution in [0.5, 0.6) is 0 Å². The number of pyridine rings is 1. The van der Waals surface area contributed by atoms with Gasteiger partial charge in [-0.05, 0) is 65.4 Å². The number of hydrogen-bond donors (Lipinski definition) is 0. The molecule has 1 nitrogen and oxygen atoms in total. The third-order valence-electron chi connectivity index (χ3n) is 4.64. The highest BCUT2D eigenvalue weighted by Crippen LogP contribution is 2.35. The largest absolute Gasteiger partial charge is 0.263 e. The molecule has 3 aromatic rings. The lowest BCUT2D eigenvalue weighted by Crippen LogP contribution is -1.95. The predicted molar refractivity (Wildman–Crippen MR) is 96.4 cm³/mol. The Balaban J connectivity index is 1.93. The molecule has 2 aromatic carbocycles.